The van der Waals surface area contributed by atoms with E-state index in [1.54, 1.807) is 12.2 Å². The van der Waals surface area contributed by atoms with Crippen molar-refractivity contribution in [2.45, 2.75) is 0 Å². The van der Waals surface area contributed by atoms with Crippen LogP contribution in [0.1, 0.15) is 5.56 Å². The highest BCUT2D eigenvalue weighted by molar-refractivity contribution is 6.31. The molecule has 0 aromatic heterocycles. The molecule has 0 saturated heterocycles. The van der Waals surface area contributed by atoms with Gasteiger partial charge in [0.2, 0.25) is 0 Å². The summed E-state index contributed by atoms with van der Waals surface area (Å²) in [6, 6.07) is 7.62. The molecule has 0 radical (unpaired) electrons. The van der Waals surface area contributed by atoms with Crippen molar-refractivity contribution in [3.63, 3.8) is 0 Å². The summed E-state index contributed by atoms with van der Waals surface area (Å²) in [7, 11) is 0. The topological polar surface area (TPSA) is 29.1 Å². The number of carbonyl (C=O) groups excluding carboxylic acids is 1. The van der Waals surface area contributed by atoms with Crippen LogP contribution in [-0.2, 0) is 4.79 Å². The highest BCUT2D eigenvalue weighted by atomic mass is 16.1. The molecule has 0 fully saturated rings. The van der Waals surface area contributed by atoms with Crippen molar-refractivity contribution in [3.05, 3.63) is 48.6 Å². The summed E-state index contributed by atoms with van der Waals surface area (Å²) in [4.78, 5) is 11.4. The number of hydrogen-bond acceptors (Lipinski definition) is 1. The fourth-order valence-electron chi connectivity index (χ4n) is 1.42. The lowest BCUT2D eigenvalue weighted by atomic mass is 10.1. The molecule has 0 saturated carbocycles. The van der Waals surface area contributed by atoms with Crippen molar-refractivity contribution in [2.24, 2.45) is 0 Å². The molecule has 0 atom stereocenters. The Morgan fingerprint density at radius 3 is 2.85 bits per heavy atom. The molecule has 1 amide bonds. The van der Waals surface area contributed by atoms with Gasteiger partial charge >= 0.3 is 0 Å². The molecule has 64 valence electrons. The van der Waals surface area contributed by atoms with Gasteiger partial charge in [0.1, 0.15) is 0 Å². The van der Waals surface area contributed by atoms with Gasteiger partial charge in [-0.25, -0.2) is 0 Å². The molecule has 1 aliphatic heterocycles. The van der Waals surface area contributed by atoms with Crippen molar-refractivity contribution in [1.82, 2.24) is 0 Å². The standard InChI is InChI=1S/C11H9NO/c1-2-5-9-8-6-3-4-7-10(8)12-11(9)13/h2-7H,1H2,(H,12,13). The van der Waals surface area contributed by atoms with Crippen LogP contribution in [0.5, 0.6) is 0 Å². The maximum atomic E-state index is 11.4. The Balaban J connectivity index is 2.59. The van der Waals surface area contributed by atoms with Crippen LogP contribution in [0, 0.1) is 0 Å². The number of carbonyl (C=O) groups is 1. The van der Waals surface area contributed by atoms with Gasteiger partial charge in [-0.05, 0) is 12.1 Å². The third kappa shape index (κ3) is 1.16. The number of rotatable bonds is 1. The fraction of sp³-hybridized carbons (Fsp3) is 0. The Labute approximate surface area is 76.6 Å². The van der Waals surface area contributed by atoms with Crippen LogP contribution in [0.15, 0.2) is 43.0 Å². The van der Waals surface area contributed by atoms with Crippen LogP contribution in [0.3, 0.4) is 0 Å². The van der Waals surface area contributed by atoms with E-state index in [4.69, 9.17) is 0 Å². The Hall–Kier alpha value is -1.83. The van der Waals surface area contributed by atoms with Crippen molar-refractivity contribution in [3.8, 4) is 0 Å². The van der Waals surface area contributed by atoms with E-state index >= 15 is 0 Å². The highest BCUT2D eigenvalue weighted by Crippen LogP contribution is 2.30. The second kappa shape index (κ2) is 2.90. The lowest BCUT2D eigenvalue weighted by Crippen LogP contribution is -2.03. The third-order valence-electron chi connectivity index (χ3n) is 1.99. The van der Waals surface area contributed by atoms with E-state index in [9.17, 15) is 4.79 Å². The first-order valence-corrected chi connectivity index (χ1v) is 4.06. The average molecular weight is 171 g/mol. The van der Waals surface area contributed by atoms with Crippen LogP contribution in [0.4, 0.5) is 5.69 Å². The number of benzene rings is 1. The van der Waals surface area contributed by atoms with E-state index in [1.807, 2.05) is 24.3 Å². The molecule has 1 N–H and O–H groups in total. The zero-order valence-corrected chi connectivity index (χ0v) is 7.08. The van der Waals surface area contributed by atoms with Gasteiger partial charge in [0, 0.05) is 16.8 Å². The number of allylic oxidation sites excluding steroid dienone is 2. The maximum absolute atomic E-state index is 11.4. The third-order valence-corrected chi connectivity index (χ3v) is 1.99. The van der Waals surface area contributed by atoms with Gasteiger partial charge < -0.3 is 5.32 Å². The SMILES string of the molecule is C=CC=C1C(=O)Nc2ccccc21. The number of hydrogen-bond donors (Lipinski definition) is 1. The average Bonchev–Trinajstić information content (AvgIpc) is 2.44. The number of anilines is 1. The lowest BCUT2D eigenvalue weighted by molar-refractivity contribution is -0.110. The molecule has 0 bridgehead atoms. The molecule has 1 aliphatic rings. The molecule has 0 spiro atoms. The summed E-state index contributed by atoms with van der Waals surface area (Å²) >= 11 is 0. The molecule has 0 aliphatic carbocycles. The number of fused-ring (bicyclic) bond motifs is 1. The molecule has 2 heteroatoms. The van der Waals surface area contributed by atoms with Crippen molar-refractivity contribution in [1.29, 1.82) is 0 Å². The van der Waals surface area contributed by atoms with Crippen LogP contribution >= 0.6 is 0 Å². The van der Waals surface area contributed by atoms with Crippen LogP contribution in [0.25, 0.3) is 5.57 Å². The van der Waals surface area contributed by atoms with E-state index in [2.05, 4.69) is 11.9 Å². The summed E-state index contributed by atoms with van der Waals surface area (Å²) in [5.74, 6) is -0.0545. The van der Waals surface area contributed by atoms with Crippen LogP contribution in [-0.4, -0.2) is 5.91 Å². The van der Waals surface area contributed by atoms with Crippen LogP contribution in [0.2, 0.25) is 0 Å². The number of para-hydroxylation sites is 1. The number of amides is 1. The first-order chi connectivity index (χ1) is 6.33. The largest absolute Gasteiger partial charge is 0.321 e. The summed E-state index contributed by atoms with van der Waals surface area (Å²) < 4.78 is 0. The summed E-state index contributed by atoms with van der Waals surface area (Å²) in [6.07, 6.45) is 3.35. The summed E-state index contributed by atoms with van der Waals surface area (Å²) in [6.45, 7) is 3.58. The van der Waals surface area contributed by atoms with Gasteiger partial charge in [0.25, 0.3) is 5.91 Å². The Kier molecular flexibility index (Phi) is 1.74. The molecule has 13 heavy (non-hydrogen) atoms. The molecular formula is C11H9NO. The zero-order chi connectivity index (χ0) is 9.26. The first kappa shape index (κ1) is 7.80. The second-order valence-corrected chi connectivity index (χ2v) is 2.82. The molecular weight excluding hydrogens is 162 g/mol. The van der Waals surface area contributed by atoms with Gasteiger partial charge in [-0.2, -0.15) is 0 Å². The first-order valence-electron chi connectivity index (χ1n) is 4.06. The van der Waals surface area contributed by atoms with Gasteiger partial charge in [-0.3, -0.25) is 4.79 Å². The van der Waals surface area contributed by atoms with E-state index in [0.29, 0.717) is 5.57 Å². The second-order valence-electron chi connectivity index (χ2n) is 2.82. The Morgan fingerprint density at radius 1 is 1.31 bits per heavy atom. The van der Waals surface area contributed by atoms with Gasteiger partial charge in [-0.15, -0.1) is 0 Å². The normalized spacial score (nSPS) is 16.9. The zero-order valence-electron chi connectivity index (χ0n) is 7.08. The van der Waals surface area contributed by atoms with Crippen LogP contribution < -0.4 is 5.32 Å². The number of nitrogens with one attached hydrogen (secondary N) is 1. The molecule has 1 aromatic carbocycles. The predicted octanol–water partition coefficient (Wildman–Crippen LogP) is 2.21. The molecule has 1 aromatic rings. The monoisotopic (exact) mass is 171 g/mol. The summed E-state index contributed by atoms with van der Waals surface area (Å²) in [5.41, 5.74) is 2.51. The van der Waals surface area contributed by atoms with Gasteiger partial charge in [0.05, 0.1) is 0 Å². The highest BCUT2D eigenvalue weighted by Gasteiger charge is 2.22. The fourth-order valence-corrected chi connectivity index (χ4v) is 1.42. The Bertz CT molecular complexity index is 404. The minimum absolute atomic E-state index is 0.0545. The van der Waals surface area contributed by atoms with E-state index in [1.165, 1.54) is 0 Å². The smallest absolute Gasteiger partial charge is 0.256 e. The van der Waals surface area contributed by atoms with Crippen molar-refractivity contribution >= 4 is 17.2 Å². The van der Waals surface area contributed by atoms with Crippen molar-refractivity contribution < 1.29 is 4.79 Å². The predicted molar refractivity (Wildman–Crippen MR) is 53.2 cm³/mol. The van der Waals surface area contributed by atoms with E-state index < -0.39 is 0 Å². The minimum atomic E-state index is -0.0545. The lowest BCUT2D eigenvalue weighted by Gasteiger charge is -1.94. The van der Waals surface area contributed by atoms with E-state index in [-0.39, 0.29) is 5.91 Å². The molecule has 1 heterocycles. The molecule has 2 rings (SSSR count). The minimum Gasteiger partial charge on any atom is -0.321 e. The quantitative estimate of drug-likeness (QED) is 0.645. The van der Waals surface area contributed by atoms with E-state index in [0.717, 1.165) is 11.3 Å². The van der Waals surface area contributed by atoms with Gasteiger partial charge in [0.15, 0.2) is 0 Å². The summed E-state index contributed by atoms with van der Waals surface area (Å²) in [5, 5.41) is 2.78. The van der Waals surface area contributed by atoms with Gasteiger partial charge in [-0.1, -0.05) is 30.9 Å². The van der Waals surface area contributed by atoms with Crippen molar-refractivity contribution in [2.75, 3.05) is 5.32 Å². The maximum Gasteiger partial charge on any atom is 0.256 e. The Morgan fingerprint density at radius 2 is 2.08 bits per heavy atom. The molecule has 0 unspecified atom stereocenters. The molecule has 2 nitrogen and oxygen atoms in total.